The van der Waals surface area contributed by atoms with Crippen LogP contribution in [0.5, 0.6) is 5.75 Å². The monoisotopic (exact) mass is 318 g/mol. The molecule has 21 heavy (non-hydrogen) atoms. The van der Waals surface area contributed by atoms with E-state index in [0.717, 1.165) is 31.8 Å². The van der Waals surface area contributed by atoms with Gasteiger partial charge in [-0.2, -0.15) is 13.2 Å². The van der Waals surface area contributed by atoms with Gasteiger partial charge in [0.05, 0.1) is 6.61 Å². The fourth-order valence-electron chi connectivity index (χ4n) is 2.04. The van der Waals surface area contributed by atoms with Crippen molar-refractivity contribution in [1.82, 2.24) is 0 Å². The molecule has 0 bridgehead atoms. The lowest BCUT2D eigenvalue weighted by Gasteiger charge is -2.15. The van der Waals surface area contributed by atoms with Gasteiger partial charge in [0.2, 0.25) is 0 Å². The summed E-state index contributed by atoms with van der Waals surface area (Å²) in [5, 5.41) is 6.38. The van der Waals surface area contributed by atoms with E-state index in [1.54, 1.807) is 6.07 Å². The Kier molecular flexibility index (Phi) is 5.20. The van der Waals surface area contributed by atoms with Crippen LogP contribution in [0.3, 0.4) is 0 Å². The summed E-state index contributed by atoms with van der Waals surface area (Å²) in [5.74, 6) is 0.430. The minimum Gasteiger partial charge on any atom is -0.494 e. The molecule has 1 aromatic rings. The molecule has 1 aliphatic rings. The maximum atomic E-state index is 12.9. The standard InChI is InChI=1S/C14H18F3N2OP/c15-14(16,17)13(18-19-13)11-6-5-7-12(10-11)20-8-3-1-2-4-9-21/h5-7,10H,1-4,8-9,21H2. The lowest BCUT2D eigenvalue weighted by atomic mass is 10.0. The highest BCUT2D eigenvalue weighted by molar-refractivity contribution is 7.16. The number of unbranched alkanes of at least 4 members (excludes halogenated alkanes) is 3. The third-order valence-electron chi connectivity index (χ3n) is 3.30. The van der Waals surface area contributed by atoms with Crippen LogP contribution >= 0.6 is 9.24 Å². The zero-order valence-corrected chi connectivity index (χ0v) is 12.7. The molecule has 1 unspecified atom stereocenters. The normalized spacial score (nSPS) is 16.0. The fraction of sp³-hybridized carbons (Fsp3) is 0.571. The Hall–Kier alpha value is -1.16. The molecule has 0 aliphatic carbocycles. The van der Waals surface area contributed by atoms with Gasteiger partial charge < -0.3 is 4.74 Å². The number of rotatable bonds is 8. The second-order valence-electron chi connectivity index (χ2n) is 4.95. The Balaban J connectivity index is 1.88. The van der Waals surface area contributed by atoms with E-state index >= 15 is 0 Å². The number of alkyl halides is 3. The van der Waals surface area contributed by atoms with Gasteiger partial charge in [0.1, 0.15) is 5.75 Å². The third kappa shape index (κ3) is 3.94. The van der Waals surface area contributed by atoms with Gasteiger partial charge in [-0.15, -0.1) is 19.5 Å². The Morgan fingerprint density at radius 2 is 1.81 bits per heavy atom. The van der Waals surface area contributed by atoms with Crippen LogP contribution in [0.2, 0.25) is 0 Å². The first kappa shape index (κ1) is 16.2. The molecule has 2 rings (SSSR count). The first-order valence-electron chi connectivity index (χ1n) is 6.94. The van der Waals surface area contributed by atoms with Gasteiger partial charge in [-0.25, -0.2) is 0 Å². The van der Waals surface area contributed by atoms with Crippen molar-refractivity contribution < 1.29 is 17.9 Å². The number of ether oxygens (including phenoxy) is 1. The summed E-state index contributed by atoms with van der Waals surface area (Å²) < 4.78 is 44.2. The number of hydrogen-bond donors (Lipinski definition) is 0. The van der Waals surface area contributed by atoms with Gasteiger partial charge >= 0.3 is 11.8 Å². The summed E-state index contributed by atoms with van der Waals surface area (Å²) in [5.41, 5.74) is -2.36. The number of hydrogen-bond acceptors (Lipinski definition) is 3. The number of halogens is 3. The molecule has 0 radical (unpaired) electrons. The maximum absolute atomic E-state index is 12.9. The summed E-state index contributed by atoms with van der Waals surface area (Å²) in [6.45, 7) is 0.508. The van der Waals surface area contributed by atoms with Gasteiger partial charge in [0.15, 0.2) is 0 Å². The number of nitrogens with zero attached hydrogens (tertiary/aromatic N) is 2. The Bertz CT molecular complexity index is 499. The summed E-state index contributed by atoms with van der Waals surface area (Å²) in [7, 11) is 2.69. The van der Waals surface area contributed by atoms with Crippen LogP contribution in [-0.2, 0) is 5.66 Å². The van der Waals surface area contributed by atoms with Gasteiger partial charge in [-0.1, -0.05) is 25.0 Å². The topological polar surface area (TPSA) is 34.0 Å². The molecule has 0 saturated carbocycles. The quantitative estimate of drug-likeness (QED) is 0.506. The molecule has 0 N–H and O–H groups in total. The van der Waals surface area contributed by atoms with Crippen molar-refractivity contribution >= 4 is 9.24 Å². The largest absolute Gasteiger partial charge is 0.494 e. The lowest BCUT2D eigenvalue weighted by Crippen LogP contribution is -2.30. The fourth-order valence-corrected chi connectivity index (χ4v) is 2.32. The van der Waals surface area contributed by atoms with Crippen LogP contribution in [0, 0.1) is 0 Å². The van der Waals surface area contributed by atoms with E-state index in [0.29, 0.717) is 12.4 Å². The molecule has 0 aromatic heterocycles. The highest BCUT2D eigenvalue weighted by Gasteiger charge is 2.65. The summed E-state index contributed by atoms with van der Waals surface area (Å²) in [6, 6.07) is 5.93. The van der Waals surface area contributed by atoms with Crippen molar-refractivity contribution in [2.24, 2.45) is 10.2 Å². The molecule has 1 atom stereocenters. The molecule has 116 valence electrons. The first-order chi connectivity index (χ1) is 9.99. The smallest absolute Gasteiger partial charge is 0.442 e. The summed E-state index contributed by atoms with van der Waals surface area (Å²) in [4.78, 5) is 0. The highest BCUT2D eigenvalue weighted by Crippen LogP contribution is 2.52. The van der Waals surface area contributed by atoms with E-state index in [-0.39, 0.29) is 5.56 Å². The average molecular weight is 318 g/mol. The van der Waals surface area contributed by atoms with Crippen LogP contribution in [0.1, 0.15) is 31.2 Å². The molecule has 0 amide bonds. The van der Waals surface area contributed by atoms with Crippen molar-refractivity contribution in [2.45, 2.75) is 37.5 Å². The predicted molar refractivity (Wildman–Crippen MR) is 77.6 cm³/mol. The van der Waals surface area contributed by atoms with Gasteiger partial charge in [-0.3, -0.25) is 0 Å². The van der Waals surface area contributed by atoms with Crippen LogP contribution < -0.4 is 4.74 Å². The van der Waals surface area contributed by atoms with Crippen LogP contribution in [0.25, 0.3) is 0 Å². The van der Waals surface area contributed by atoms with E-state index in [2.05, 4.69) is 19.5 Å². The summed E-state index contributed by atoms with van der Waals surface area (Å²) in [6.07, 6.45) is 0.859. The van der Waals surface area contributed by atoms with Crippen LogP contribution in [0.15, 0.2) is 34.5 Å². The third-order valence-corrected chi connectivity index (χ3v) is 3.71. The molecule has 1 aliphatic heterocycles. The van der Waals surface area contributed by atoms with Gasteiger partial charge in [-0.05, 0) is 31.1 Å². The van der Waals surface area contributed by atoms with E-state index in [9.17, 15) is 13.2 Å². The van der Waals surface area contributed by atoms with Crippen LogP contribution in [-0.4, -0.2) is 18.9 Å². The van der Waals surface area contributed by atoms with Gasteiger partial charge in [0, 0.05) is 5.56 Å². The SMILES string of the molecule is FC(F)(F)C1(c2cccc(OCCCCCCP)c2)N=N1. The lowest BCUT2D eigenvalue weighted by molar-refractivity contribution is -0.166. The Labute approximate surface area is 124 Å². The van der Waals surface area contributed by atoms with E-state index in [1.165, 1.54) is 18.2 Å². The molecule has 7 heteroatoms. The molecular formula is C14H18F3N2OP. The zero-order chi connectivity index (χ0) is 15.3. The van der Waals surface area contributed by atoms with Crippen molar-refractivity contribution in [3.8, 4) is 5.75 Å². The predicted octanol–water partition coefficient (Wildman–Crippen LogP) is 4.68. The van der Waals surface area contributed by atoms with Crippen molar-refractivity contribution in [3.05, 3.63) is 29.8 Å². The Morgan fingerprint density at radius 1 is 1.10 bits per heavy atom. The molecule has 1 heterocycles. The molecule has 0 fully saturated rings. The second kappa shape index (κ2) is 6.73. The Morgan fingerprint density at radius 3 is 2.43 bits per heavy atom. The minimum absolute atomic E-state index is 0.00973. The average Bonchev–Trinajstić information content (AvgIpc) is 3.24. The molecule has 3 nitrogen and oxygen atoms in total. The van der Waals surface area contributed by atoms with Crippen molar-refractivity contribution in [2.75, 3.05) is 12.8 Å². The van der Waals surface area contributed by atoms with Crippen molar-refractivity contribution in [1.29, 1.82) is 0 Å². The molecular weight excluding hydrogens is 300 g/mol. The highest BCUT2D eigenvalue weighted by atomic mass is 31.0. The first-order valence-corrected chi connectivity index (χ1v) is 7.75. The summed E-state index contributed by atoms with van der Waals surface area (Å²) >= 11 is 0. The zero-order valence-electron chi connectivity index (χ0n) is 11.6. The second-order valence-corrected chi connectivity index (χ2v) is 5.53. The molecule has 0 saturated heterocycles. The molecule has 1 aromatic carbocycles. The van der Waals surface area contributed by atoms with Crippen molar-refractivity contribution in [3.63, 3.8) is 0 Å². The van der Waals surface area contributed by atoms with Gasteiger partial charge in [0.25, 0.3) is 0 Å². The maximum Gasteiger partial charge on any atom is 0.442 e. The van der Waals surface area contributed by atoms with E-state index < -0.39 is 11.8 Å². The van der Waals surface area contributed by atoms with Crippen LogP contribution in [0.4, 0.5) is 13.2 Å². The minimum atomic E-state index is -4.50. The molecule has 0 spiro atoms. The van der Waals surface area contributed by atoms with E-state index in [4.69, 9.17) is 4.74 Å². The number of benzene rings is 1. The van der Waals surface area contributed by atoms with E-state index in [1.807, 2.05) is 0 Å².